The molecule has 1 heteroatoms. The Morgan fingerprint density at radius 1 is 1.06 bits per heavy atom. The van der Waals surface area contributed by atoms with Crippen LogP contribution < -0.4 is 0 Å². The van der Waals surface area contributed by atoms with Gasteiger partial charge in [-0.15, -0.1) is 0 Å². The standard InChI is InChI=1S/C17H16O/c1-12-16-10-14(7-8-15(16)11-17(12)18)9-13-5-3-2-4-6-13/h2-8,10,12H,9,11H2,1H3. The van der Waals surface area contributed by atoms with Gasteiger partial charge < -0.3 is 0 Å². The summed E-state index contributed by atoms with van der Waals surface area (Å²) in [6.45, 7) is 2.01. The van der Waals surface area contributed by atoms with E-state index in [1.807, 2.05) is 13.0 Å². The average molecular weight is 236 g/mol. The number of carbonyl (C=O) groups is 1. The van der Waals surface area contributed by atoms with Crippen LogP contribution in [0.3, 0.4) is 0 Å². The summed E-state index contributed by atoms with van der Waals surface area (Å²) in [4.78, 5) is 11.7. The van der Waals surface area contributed by atoms with Gasteiger partial charge in [0.05, 0.1) is 0 Å². The lowest BCUT2D eigenvalue weighted by atomic mass is 9.97. The molecule has 1 aliphatic rings. The van der Waals surface area contributed by atoms with Crippen molar-refractivity contribution in [1.29, 1.82) is 0 Å². The minimum atomic E-state index is 0.0794. The number of hydrogen-bond acceptors (Lipinski definition) is 1. The van der Waals surface area contributed by atoms with Crippen molar-refractivity contribution < 1.29 is 4.79 Å². The Bertz CT molecular complexity index is 584. The number of carbonyl (C=O) groups excluding carboxylic acids is 1. The first-order valence-corrected chi connectivity index (χ1v) is 6.42. The first-order chi connectivity index (χ1) is 8.74. The lowest BCUT2D eigenvalue weighted by molar-refractivity contribution is -0.118. The topological polar surface area (TPSA) is 17.1 Å². The summed E-state index contributed by atoms with van der Waals surface area (Å²) in [5, 5.41) is 0. The molecule has 0 radical (unpaired) electrons. The number of hydrogen-bond donors (Lipinski definition) is 0. The highest BCUT2D eigenvalue weighted by atomic mass is 16.1. The predicted molar refractivity (Wildman–Crippen MR) is 72.8 cm³/mol. The summed E-state index contributed by atoms with van der Waals surface area (Å²) in [7, 11) is 0. The van der Waals surface area contributed by atoms with Gasteiger partial charge in [-0.1, -0.05) is 55.5 Å². The van der Waals surface area contributed by atoms with Crippen LogP contribution in [0.25, 0.3) is 0 Å². The zero-order chi connectivity index (χ0) is 12.5. The molecule has 0 aromatic heterocycles. The smallest absolute Gasteiger partial charge is 0.144 e. The molecular formula is C17H16O. The SMILES string of the molecule is CC1C(=O)Cc2ccc(Cc3ccccc3)cc21. The van der Waals surface area contributed by atoms with E-state index in [4.69, 9.17) is 0 Å². The van der Waals surface area contributed by atoms with Crippen LogP contribution in [0.1, 0.15) is 35.1 Å². The van der Waals surface area contributed by atoms with Crippen LogP contribution in [-0.2, 0) is 17.6 Å². The highest BCUT2D eigenvalue weighted by Gasteiger charge is 2.26. The van der Waals surface area contributed by atoms with Crippen LogP contribution in [0.2, 0.25) is 0 Å². The number of ketones is 1. The molecule has 0 heterocycles. The lowest BCUT2D eigenvalue weighted by Gasteiger charge is -2.07. The summed E-state index contributed by atoms with van der Waals surface area (Å²) < 4.78 is 0. The number of rotatable bonds is 2. The van der Waals surface area contributed by atoms with E-state index in [9.17, 15) is 4.79 Å². The van der Waals surface area contributed by atoms with Crippen LogP contribution >= 0.6 is 0 Å². The molecule has 0 saturated carbocycles. The van der Waals surface area contributed by atoms with Gasteiger partial charge in [-0.05, 0) is 28.7 Å². The van der Waals surface area contributed by atoms with E-state index in [1.165, 1.54) is 22.3 Å². The third-order valence-electron chi connectivity index (χ3n) is 3.78. The van der Waals surface area contributed by atoms with Gasteiger partial charge in [-0.2, -0.15) is 0 Å². The Morgan fingerprint density at radius 2 is 1.83 bits per heavy atom. The van der Waals surface area contributed by atoms with E-state index in [2.05, 4.69) is 42.5 Å². The van der Waals surface area contributed by atoms with Crippen molar-refractivity contribution in [3.8, 4) is 0 Å². The quantitative estimate of drug-likeness (QED) is 0.780. The van der Waals surface area contributed by atoms with E-state index in [0.717, 1.165) is 6.42 Å². The highest BCUT2D eigenvalue weighted by Crippen LogP contribution is 2.31. The molecule has 90 valence electrons. The molecule has 0 amide bonds. The molecule has 0 spiro atoms. The first-order valence-electron chi connectivity index (χ1n) is 6.42. The van der Waals surface area contributed by atoms with Crippen molar-refractivity contribution in [2.75, 3.05) is 0 Å². The average Bonchev–Trinajstić information content (AvgIpc) is 2.67. The number of Topliss-reactive ketones (excluding diaryl/α,β-unsaturated/α-hetero) is 1. The first kappa shape index (κ1) is 11.2. The molecule has 2 aromatic rings. The predicted octanol–water partition coefficient (Wildman–Crippen LogP) is 3.51. The minimum absolute atomic E-state index is 0.0794. The van der Waals surface area contributed by atoms with Gasteiger partial charge in [0.2, 0.25) is 0 Å². The summed E-state index contributed by atoms with van der Waals surface area (Å²) >= 11 is 0. The second-order valence-corrected chi connectivity index (χ2v) is 5.06. The van der Waals surface area contributed by atoms with E-state index in [0.29, 0.717) is 12.2 Å². The molecule has 0 N–H and O–H groups in total. The molecule has 0 bridgehead atoms. The molecule has 1 atom stereocenters. The molecule has 1 nitrogen and oxygen atoms in total. The van der Waals surface area contributed by atoms with Crippen LogP contribution in [0.15, 0.2) is 48.5 Å². The van der Waals surface area contributed by atoms with Gasteiger partial charge in [0.25, 0.3) is 0 Å². The van der Waals surface area contributed by atoms with Crippen molar-refractivity contribution in [3.63, 3.8) is 0 Å². The second-order valence-electron chi connectivity index (χ2n) is 5.06. The molecule has 1 aliphatic carbocycles. The molecule has 0 saturated heterocycles. The Morgan fingerprint density at radius 3 is 2.61 bits per heavy atom. The molecule has 2 aromatic carbocycles. The number of benzene rings is 2. The Labute approximate surface area is 107 Å². The fraction of sp³-hybridized carbons (Fsp3) is 0.235. The summed E-state index contributed by atoms with van der Waals surface area (Å²) in [5.74, 6) is 0.428. The molecule has 18 heavy (non-hydrogen) atoms. The normalized spacial score (nSPS) is 17.8. The maximum atomic E-state index is 11.7. The van der Waals surface area contributed by atoms with E-state index < -0.39 is 0 Å². The van der Waals surface area contributed by atoms with Gasteiger partial charge in [0.15, 0.2) is 0 Å². The van der Waals surface area contributed by atoms with Crippen LogP contribution in [0.5, 0.6) is 0 Å². The zero-order valence-electron chi connectivity index (χ0n) is 10.5. The summed E-state index contributed by atoms with van der Waals surface area (Å²) in [6, 6.07) is 16.9. The summed E-state index contributed by atoms with van der Waals surface area (Å²) in [5.41, 5.74) is 5.05. The minimum Gasteiger partial charge on any atom is -0.299 e. The van der Waals surface area contributed by atoms with Crippen LogP contribution in [-0.4, -0.2) is 5.78 Å². The van der Waals surface area contributed by atoms with Crippen LogP contribution in [0.4, 0.5) is 0 Å². The number of fused-ring (bicyclic) bond motifs is 1. The van der Waals surface area contributed by atoms with Gasteiger partial charge in [0, 0.05) is 12.3 Å². The molecule has 0 fully saturated rings. The third-order valence-corrected chi connectivity index (χ3v) is 3.78. The third kappa shape index (κ3) is 1.97. The largest absolute Gasteiger partial charge is 0.299 e. The van der Waals surface area contributed by atoms with Crippen LogP contribution in [0, 0.1) is 0 Å². The fourth-order valence-electron chi connectivity index (χ4n) is 2.66. The Hall–Kier alpha value is -1.89. The van der Waals surface area contributed by atoms with Crippen molar-refractivity contribution in [2.45, 2.75) is 25.7 Å². The zero-order valence-corrected chi connectivity index (χ0v) is 10.5. The maximum Gasteiger partial charge on any atom is 0.144 e. The lowest BCUT2D eigenvalue weighted by Crippen LogP contribution is -2.00. The van der Waals surface area contributed by atoms with Gasteiger partial charge in [-0.3, -0.25) is 4.79 Å². The maximum absolute atomic E-state index is 11.7. The van der Waals surface area contributed by atoms with Crippen molar-refractivity contribution >= 4 is 5.78 Å². The summed E-state index contributed by atoms with van der Waals surface area (Å²) in [6.07, 6.45) is 1.55. The van der Waals surface area contributed by atoms with Crippen molar-refractivity contribution in [3.05, 3.63) is 70.8 Å². The van der Waals surface area contributed by atoms with Crippen molar-refractivity contribution in [2.24, 2.45) is 0 Å². The van der Waals surface area contributed by atoms with E-state index >= 15 is 0 Å². The highest BCUT2D eigenvalue weighted by molar-refractivity contribution is 5.92. The fourth-order valence-corrected chi connectivity index (χ4v) is 2.66. The van der Waals surface area contributed by atoms with Gasteiger partial charge in [0.1, 0.15) is 5.78 Å². The molecule has 0 aliphatic heterocycles. The molecular weight excluding hydrogens is 220 g/mol. The monoisotopic (exact) mass is 236 g/mol. The second kappa shape index (κ2) is 4.41. The van der Waals surface area contributed by atoms with Gasteiger partial charge in [-0.25, -0.2) is 0 Å². The Balaban J connectivity index is 1.90. The molecule has 1 unspecified atom stereocenters. The van der Waals surface area contributed by atoms with Crippen molar-refractivity contribution in [1.82, 2.24) is 0 Å². The Kier molecular flexibility index (Phi) is 2.75. The van der Waals surface area contributed by atoms with E-state index in [1.54, 1.807) is 0 Å². The van der Waals surface area contributed by atoms with E-state index in [-0.39, 0.29) is 5.92 Å². The van der Waals surface area contributed by atoms with Gasteiger partial charge >= 0.3 is 0 Å². The molecule has 3 rings (SSSR count).